The summed E-state index contributed by atoms with van der Waals surface area (Å²) < 4.78 is 0. The standard InChI is InChI=1S/C13H26N2O2/c1-3-15(10(2)8-13(16)17)12-7-5-4-6-11(12)9-14/h10-12H,3-9,14H2,1-2H3,(H,16,17). The summed E-state index contributed by atoms with van der Waals surface area (Å²) in [7, 11) is 0. The molecule has 17 heavy (non-hydrogen) atoms. The number of nitrogens with zero attached hydrogens (tertiary/aromatic N) is 1. The van der Waals surface area contributed by atoms with E-state index in [9.17, 15) is 4.79 Å². The Morgan fingerprint density at radius 3 is 2.65 bits per heavy atom. The lowest BCUT2D eigenvalue weighted by molar-refractivity contribution is -0.138. The molecule has 3 atom stereocenters. The van der Waals surface area contributed by atoms with Crippen molar-refractivity contribution >= 4 is 5.97 Å². The van der Waals surface area contributed by atoms with E-state index in [-0.39, 0.29) is 12.5 Å². The van der Waals surface area contributed by atoms with Gasteiger partial charge in [0.25, 0.3) is 0 Å². The fourth-order valence-electron chi connectivity index (χ4n) is 3.14. The molecular weight excluding hydrogens is 216 g/mol. The molecule has 3 unspecified atom stereocenters. The van der Waals surface area contributed by atoms with Crippen molar-refractivity contribution in [1.29, 1.82) is 0 Å². The van der Waals surface area contributed by atoms with Crippen molar-refractivity contribution in [3.05, 3.63) is 0 Å². The average Bonchev–Trinajstić information content (AvgIpc) is 2.29. The minimum Gasteiger partial charge on any atom is -0.481 e. The van der Waals surface area contributed by atoms with E-state index in [0.717, 1.165) is 13.1 Å². The third kappa shape index (κ3) is 3.96. The molecule has 0 heterocycles. The first kappa shape index (κ1) is 14.5. The van der Waals surface area contributed by atoms with Crippen molar-refractivity contribution < 1.29 is 9.90 Å². The Morgan fingerprint density at radius 2 is 2.12 bits per heavy atom. The van der Waals surface area contributed by atoms with Crippen LogP contribution in [0.1, 0.15) is 46.0 Å². The van der Waals surface area contributed by atoms with Gasteiger partial charge < -0.3 is 10.8 Å². The van der Waals surface area contributed by atoms with Crippen molar-refractivity contribution in [3.63, 3.8) is 0 Å². The lowest BCUT2D eigenvalue weighted by Crippen LogP contribution is -2.49. The molecule has 0 radical (unpaired) electrons. The SMILES string of the molecule is CCN(C(C)CC(=O)O)C1CCCCC1CN. The Kier molecular flexibility index (Phi) is 5.92. The van der Waals surface area contributed by atoms with Gasteiger partial charge in [0.15, 0.2) is 0 Å². The van der Waals surface area contributed by atoms with Gasteiger partial charge in [0.1, 0.15) is 0 Å². The Bertz CT molecular complexity index is 246. The number of hydrogen-bond donors (Lipinski definition) is 2. The Labute approximate surface area is 104 Å². The first-order valence-corrected chi connectivity index (χ1v) is 6.77. The number of carbonyl (C=O) groups is 1. The molecule has 4 nitrogen and oxygen atoms in total. The zero-order valence-electron chi connectivity index (χ0n) is 11.1. The van der Waals surface area contributed by atoms with E-state index in [1.165, 1.54) is 25.7 Å². The summed E-state index contributed by atoms with van der Waals surface area (Å²) in [5, 5.41) is 8.90. The fourth-order valence-corrected chi connectivity index (χ4v) is 3.14. The van der Waals surface area contributed by atoms with Crippen molar-refractivity contribution in [2.45, 2.75) is 58.0 Å². The molecule has 0 aromatic rings. The van der Waals surface area contributed by atoms with Crippen molar-refractivity contribution in [1.82, 2.24) is 4.90 Å². The van der Waals surface area contributed by atoms with Gasteiger partial charge in [0.05, 0.1) is 6.42 Å². The van der Waals surface area contributed by atoms with Gasteiger partial charge in [0.2, 0.25) is 0 Å². The quantitative estimate of drug-likeness (QED) is 0.744. The van der Waals surface area contributed by atoms with E-state index in [4.69, 9.17) is 10.8 Å². The molecule has 1 rings (SSSR count). The van der Waals surface area contributed by atoms with E-state index in [1.807, 2.05) is 6.92 Å². The van der Waals surface area contributed by atoms with E-state index >= 15 is 0 Å². The van der Waals surface area contributed by atoms with Crippen LogP contribution in [0.3, 0.4) is 0 Å². The molecule has 0 aliphatic heterocycles. The largest absolute Gasteiger partial charge is 0.481 e. The Balaban J connectivity index is 2.66. The van der Waals surface area contributed by atoms with Crippen LogP contribution >= 0.6 is 0 Å². The van der Waals surface area contributed by atoms with Crippen molar-refractivity contribution in [2.24, 2.45) is 11.7 Å². The van der Waals surface area contributed by atoms with Crippen LogP contribution in [0.15, 0.2) is 0 Å². The second-order valence-corrected chi connectivity index (χ2v) is 5.12. The summed E-state index contributed by atoms with van der Waals surface area (Å²) in [6, 6.07) is 0.586. The second-order valence-electron chi connectivity index (χ2n) is 5.12. The molecule has 0 saturated heterocycles. The van der Waals surface area contributed by atoms with Gasteiger partial charge in [-0.15, -0.1) is 0 Å². The summed E-state index contributed by atoms with van der Waals surface area (Å²) in [5.41, 5.74) is 5.84. The van der Waals surface area contributed by atoms with Gasteiger partial charge in [-0.1, -0.05) is 19.8 Å². The van der Waals surface area contributed by atoms with Gasteiger partial charge in [-0.25, -0.2) is 0 Å². The first-order valence-electron chi connectivity index (χ1n) is 6.77. The van der Waals surface area contributed by atoms with Gasteiger partial charge in [0, 0.05) is 12.1 Å². The van der Waals surface area contributed by atoms with E-state index in [0.29, 0.717) is 12.0 Å². The predicted molar refractivity (Wildman–Crippen MR) is 68.9 cm³/mol. The minimum absolute atomic E-state index is 0.106. The lowest BCUT2D eigenvalue weighted by atomic mass is 9.83. The third-order valence-corrected chi connectivity index (χ3v) is 4.00. The van der Waals surface area contributed by atoms with Gasteiger partial charge in [-0.3, -0.25) is 9.69 Å². The van der Waals surface area contributed by atoms with Crippen LogP contribution in [0.25, 0.3) is 0 Å². The summed E-state index contributed by atoms with van der Waals surface area (Å²) in [4.78, 5) is 13.2. The smallest absolute Gasteiger partial charge is 0.304 e. The molecule has 1 aliphatic rings. The number of rotatable bonds is 6. The molecule has 1 saturated carbocycles. The highest BCUT2D eigenvalue weighted by atomic mass is 16.4. The maximum atomic E-state index is 10.8. The monoisotopic (exact) mass is 242 g/mol. The second kappa shape index (κ2) is 6.97. The Hall–Kier alpha value is -0.610. The topological polar surface area (TPSA) is 66.6 Å². The molecule has 0 spiro atoms. The van der Waals surface area contributed by atoms with Crippen LogP contribution in [0.2, 0.25) is 0 Å². The Morgan fingerprint density at radius 1 is 1.47 bits per heavy atom. The average molecular weight is 242 g/mol. The zero-order chi connectivity index (χ0) is 12.8. The minimum atomic E-state index is -0.712. The predicted octanol–water partition coefficient (Wildman–Crippen LogP) is 1.69. The molecule has 0 amide bonds. The molecule has 0 aromatic carbocycles. The van der Waals surface area contributed by atoms with E-state index < -0.39 is 5.97 Å². The van der Waals surface area contributed by atoms with Crippen LogP contribution in [-0.2, 0) is 4.79 Å². The van der Waals surface area contributed by atoms with Crippen LogP contribution in [0.5, 0.6) is 0 Å². The molecule has 1 aliphatic carbocycles. The number of nitrogens with two attached hydrogens (primary N) is 1. The zero-order valence-corrected chi connectivity index (χ0v) is 11.1. The van der Waals surface area contributed by atoms with Gasteiger partial charge in [-0.05, 0) is 38.8 Å². The summed E-state index contributed by atoms with van der Waals surface area (Å²) >= 11 is 0. The van der Waals surface area contributed by atoms with Gasteiger partial charge >= 0.3 is 5.97 Å². The van der Waals surface area contributed by atoms with Gasteiger partial charge in [-0.2, -0.15) is 0 Å². The number of carboxylic acid groups (broad SMARTS) is 1. The summed E-state index contributed by atoms with van der Waals surface area (Å²) in [5.74, 6) is -0.170. The summed E-state index contributed by atoms with van der Waals surface area (Å²) in [6.07, 6.45) is 5.10. The molecule has 0 bridgehead atoms. The number of carboxylic acids is 1. The third-order valence-electron chi connectivity index (χ3n) is 4.00. The molecule has 100 valence electrons. The summed E-state index contributed by atoms with van der Waals surface area (Å²) in [6.45, 7) is 5.76. The maximum absolute atomic E-state index is 10.8. The van der Waals surface area contributed by atoms with Crippen LogP contribution in [0, 0.1) is 5.92 Å². The normalized spacial score (nSPS) is 27.1. The van der Waals surface area contributed by atoms with E-state index in [2.05, 4.69) is 11.8 Å². The molecule has 0 aromatic heterocycles. The molecule has 3 N–H and O–H groups in total. The van der Waals surface area contributed by atoms with Crippen LogP contribution < -0.4 is 5.73 Å². The molecule has 1 fully saturated rings. The lowest BCUT2D eigenvalue weighted by Gasteiger charge is -2.42. The van der Waals surface area contributed by atoms with Crippen LogP contribution in [-0.4, -0.2) is 41.1 Å². The maximum Gasteiger partial charge on any atom is 0.304 e. The van der Waals surface area contributed by atoms with E-state index in [1.54, 1.807) is 0 Å². The van der Waals surface area contributed by atoms with Crippen molar-refractivity contribution in [2.75, 3.05) is 13.1 Å². The highest BCUT2D eigenvalue weighted by molar-refractivity contribution is 5.67. The number of hydrogen-bond acceptors (Lipinski definition) is 3. The van der Waals surface area contributed by atoms with Crippen molar-refractivity contribution in [3.8, 4) is 0 Å². The highest BCUT2D eigenvalue weighted by Gasteiger charge is 2.31. The van der Waals surface area contributed by atoms with Crippen LogP contribution in [0.4, 0.5) is 0 Å². The fraction of sp³-hybridized carbons (Fsp3) is 0.923. The molecule has 4 heteroatoms. The highest BCUT2D eigenvalue weighted by Crippen LogP contribution is 2.29. The molecular formula is C13H26N2O2. The number of aliphatic carboxylic acids is 1. The first-order chi connectivity index (χ1) is 8.10.